The molecular formula is C16H22N4O. The Balaban J connectivity index is 2.20. The summed E-state index contributed by atoms with van der Waals surface area (Å²) in [6.07, 6.45) is 3.63. The lowest BCUT2D eigenvalue weighted by Crippen LogP contribution is -2.15. The van der Waals surface area contributed by atoms with Crippen molar-refractivity contribution in [1.29, 1.82) is 0 Å². The number of nitrogens with one attached hydrogen (secondary N) is 2. The van der Waals surface area contributed by atoms with E-state index < -0.39 is 0 Å². The molecule has 1 aromatic heterocycles. The van der Waals surface area contributed by atoms with E-state index in [-0.39, 0.29) is 5.91 Å². The highest BCUT2D eigenvalue weighted by molar-refractivity contribution is 6.08. The van der Waals surface area contributed by atoms with Crippen LogP contribution in [0.2, 0.25) is 0 Å². The first-order valence-electron chi connectivity index (χ1n) is 7.32. The summed E-state index contributed by atoms with van der Waals surface area (Å²) in [5, 5.41) is 10.6. The lowest BCUT2D eigenvalue weighted by atomic mass is 10.1. The number of rotatable bonds is 6. The van der Waals surface area contributed by atoms with E-state index in [0.29, 0.717) is 5.56 Å². The van der Waals surface area contributed by atoms with E-state index in [1.54, 1.807) is 4.68 Å². The summed E-state index contributed by atoms with van der Waals surface area (Å²) in [5.41, 5.74) is 3.18. The van der Waals surface area contributed by atoms with Gasteiger partial charge in [0.05, 0.1) is 16.9 Å². The maximum Gasteiger partial charge on any atom is 0.257 e. The fraction of sp³-hybridized carbons (Fsp3) is 0.375. The molecule has 0 atom stereocenters. The highest BCUT2D eigenvalue weighted by Crippen LogP contribution is 2.19. The van der Waals surface area contributed by atoms with Crippen LogP contribution in [0.25, 0.3) is 0 Å². The maximum atomic E-state index is 12.5. The number of hydrogen-bond donors (Lipinski definition) is 2. The van der Waals surface area contributed by atoms with Crippen LogP contribution in [0.5, 0.6) is 0 Å². The average Bonchev–Trinajstić information content (AvgIpc) is 2.85. The summed E-state index contributed by atoms with van der Waals surface area (Å²) < 4.78 is 1.72. The van der Waals surface area contributed by atoms with E-state index in [1.165, 1.54) is 0 Å². The number of nitrogens with zero attached hydrogens (tertiary/aromatic N) is 2. The zero-order chi connectivity index (χ0) is 15.2. The molecule has 2 rings (SSSR count). The van der Waals surface area contributed by atoms with Gasteiger partial charge >= 0.3 is 0 Å². The van der Waals surface area contributed by atoms with Crippen molar-refractivity contribution >= 4 is 17.3 Å². The number of anilines is 2. The molecule has 0 saturated heterocycles. The van der Waals surface area contributed by atoms with Gasteiger partial charge in [0, 0.05) is 25.5 Å². The summed E-state index contributed by atoms with van der Waals surface area (Å²) >= 11 is 0. The van der Waals surface area contributed by atoms with Crippen molar-refractivity contribution in [2.45, 2.75) is 26.7 Å². The standard InChI is InChI=1S/C16H22N4O/c1-4-10-17-14-9-7-6-8-12(14)16(21)18-15-11-20(3)19-13(15)5-2/h6-9,11,17H,4-5,10H2,1-3H3,(H,18,21). The van der Waals surface area contributed by atoms with Crippen LogP contribution in [0.3, 0.4) is 0 Å². The zero-order valence-corrected chi connectivity index (χ0v) is 12.8. The van der Waals surface area contributed by atoms with E-state index in [4.69, 9.17) is 0 Å². The fourth-order valence-electron chi connectivity index (χ4n) is 2.18. The molecule has 0 bridgehead atoms. The third-order valence-corrected chi connectivity index (χ3v) is 3.23. The highest BCUT2D eigenvalue weighted by Gasteiger charge is 2.14. The first-order chi connectivity index (χ1) is 10.2. The minimum absolute atomic E-state index is 0.114. The van der Waals surface area contributed by atoms with Crippen molar-refractivity contribution in [2.75, 3.05) is 17.2 Å². The second kappa shape index (κ2) is 6.92. The van der Waals surface area contributed by atoms with Crippen LogP contribution in [-0.4, -0.2) is 22.2 Å². The smallest absolute Gasteiger partial charge is 0.257 e. The van der Waals surface area contributed by atoms with Crippen LogP contribution in [0.4, 0.5) is 11.4 Å². The van der Waals surface area contributed by atoms with Gasteiger partial charge < -0.3 is 10.6 Å². The lowest BCUT2D eigenvalue weighted by molar-refractivity contribution is 0.102. The van der Waals surface area contributed by atoms with E-state index in [0.717, 1.165) is 36.5 Å². The van der Waals surface area contributed by atoms with Crippen LogP contribution >= 0.6 is 0 Å². The van der Waals surface area contributed by atoms with Gasteiger partial charge in [-0.25, -0.2) is 0 Å². The molecule has 1 heterocycles. The molecule has 1 amide bonds. The Kier molecular flexibility index (Phi) is 4.98. The monoisotopic (exact) mass is 286 g/mol. The predicted molar refractivity (Wildman–Crippen MR) is 85.8 cm³/mol. The second-order valence-corrected chi connectivity index (χ2v) is 4.94. The molecule has 0 fully saturated rings. The fourth-order valence-corrected chi connectivity index (χ4v) is 2.18. The summed E-state index contributed by atoms with van der Waals surface area (Å²) in [4.78, 5) is 12.5. The molecule has 2 N–H and O–H groups in total. The first-order valence-corrected chi connectivity index (χ1v) is 7.32. The van der Waals surface area contributed by atoms with Gasteiger partial charge in [-0.1, -0.05) is 26.0 Å². The van der Waals surface area contributed by atoms with E-state index in [1.807, 2.05) is 44.4 Å². The van der Waals surface area contributed by atoms with Crippen LogP contribution in [-0.2, 0) is 13.5 Å². The summed E-state index contributed by atoms with van der Waals surface area (Å²) in [7, 11) is 1.85. The van der Waals surface area contributed by atoms with Gasteiger partial charge in [-0.2, -0.15) is 5.10 Å². The van der Waals surface area contributed by atoms with Gasteiger partial charge in [0.15, 0.2) is 0 Å². The highest BCUT2D eigenvalue weighted by atomic mass is 16.1. The van der Waals surface area contributed by atoms with Gasteiger partial charge in [-0.15, -0.1) is 0 Å². The molecule has 2 aromatic rings. The number of amides is 1. The number of carbonyl (C=O) groups excluding carboxylic acids is 1. The molecule has 0 spiro atoms. The average molecular weight is 286 g/mol. The normalized spacial score (nSPS) is 10.4. The molecule has 21 heavy (non-hydrogen) atoms. The van der Waals surface area contributed by atoms with Crippen molar-refractivity contribution in [3.63, 3.8) is 0 Å². The molecule has 0 aliphatic rings. The molecule has 0 unspecified atom stereocenters. The summed E-state index contributed by atoms with van der Waals surface area (Å²) in [5.74, 6) is -0.114. The predicted octanol–water partition coefficient (Wildman–Crippen LogP) is 3.06. The van der Waals surface area contributed by atoms with Crippen molar-refractivity contribution in [2.24, 2.45) is 7.05 Å². The Morgan fingerprint density at radius 2 is 2.00 bits per heavy atom. The quantitative estimate of drug-likeness (QED) is 0.858. The molecule has 1 aromatic carbocycles. The maximum absolute atomic E-state index is 12.5. The van der Waals surface area contributed by atoms with Crippen LogP contribution in [0, 0.1) is 0 Å². The first kappa shape index (κ1) is 15.1. The molecule has 112 valence electrons. The molecule has 0 saturated carbocycles. The van der Waals surface area contributed by atoms with Gasteiger partial charge in [-0.3, -0.25) is 9.48 Å². The van der Waals surface area contributed by atoms with Crippen LogP contribution in [0.1, 0.15) is 36.3 Å². The van der Waals surface area contributed by atoms with Crippen molar-refractivity contribution < 1.29 is 4.79 Å². The molecule has 0 aliphatic heterocycles. The number of benzene rings is 1. The van der Waals surface area contributed by atoms with Gasteiger partial charge in [0.2, 0.25) is 0 Å². The minimum atomic E-state index is -0.114. The topological polar surface area (TPSA) is 59.0 Å². The van der Waals surface area contributed by atoms with E-state index >= 15 is 0 Å². The number of aryl methyl sites for hydroxylation is 2. The number of para-hydroxylation sites is 1. The molecule has 0 aliphatic carbocycles. The second-order valence-electron chi connectivity index (χ2n) is 4.94. The molecule has 5 nitrogen and oxygen atoms in total. The zero-order valence-electron chi connectivity index (χ0n) is 12.8. The third kappa shape index (κ3) is 3.62. The van der Waals surface area contributed by atoms with Gasteiger partial charge in [0.25, 0.3) is 5.91 Å². The number of aromatic nitrogens is 2. The molecule has 5 heteroatoms. The largest absolute Gasteiger partial charge is 0.384 e. The van der Waals surface area contributed by atoms with Crippen LogP contribution < -0.4 is 10.6 Å². The summed E-state index contributed by atoms with van der Waals surface area (Å²) in [6.45, 7) is 4.96. The lowest BCUT2D eigenvalue weighted by Gasteiger charge is -2.11. The SMILES string of the molecule is CCCNc1ccccc1C(=O)Nc1cn(C)nc1CC. The van der Waals surface area contributed by atoms with E-state index in [2.05, 4.69) is 22.7 Å². The number of hydrogen-bond acceptors (Lipinski definition) is 3. The minimum Gasteiger partial charge on any atom is -0.384 e. The molecule has 0 radical (unpaired) electrons. The third-order valence-electron chi connectivity index (χ3n) is 3.23. The van der Waals surface area contributed by atoms with Crippen LogP contribution in [0.15, 0.2) is 30.5 Å². The Hall–Kier alpha value is -2.30. The van der Waals surface area contributed by atoms with E-state index in [9.17, 15) is 4.79 Å². The van der Waals surface area contributed by atoms with Gasteiger partial charge in [-0.05, 0) is 25.0 Å². The van der Waals surface area contributed by atoms with Gasteiger partial charge in [0.1, 0.15) is 0 Å². The van der Waals surface area contributed by atoms with Crippen molar-refractivity contribution in [1.82, 2.24) is 9.78 Å². The summed E-state index contributed by atoms with van der Waals surface area (Å²) in [6, 6.07) is 7.55. The van der Waals surface area contributed by atoms with Crippen molar-refractivity contribution in [3.8, 4) is 0 Å². The Labute approximate surface area is 125 Å². The Morgan fingerprint density at radius 1 is 1.24 bits per heavy atom. The van der Waals surface area contributed by atoms with Crippen molar-refractivity contribution in [3.05, 3.63) is 41.7 Å². The Morgan fingerprint density at radius 3 is 2.71 bits per heavy atom. The molecular weight excluding hydrogens is 264 g/mol. The Bertz CT molecular complexity index is 618. The number of carbonyl (C=O) groups is 1.